The maximum atomic E-state index is 12.9. The lowest BCUT2D eigenvalue weighted by atomic mass is 10.1. The number of amides is 1. The van der Waals surface area contributed by atoms with Crippen LogP contribution in [0.1, 0.15) is 16.9 Å². The molecule has 1 aliphatic heterocycles. The number of hydrogen-bond donors (Lipinski definition) is 2. The molecule has 1 amide bonds. The van der Waals surface area contributed by atoms with Crippen LogP contribution in [-0.2, 0) is 0 Å². The van der Waals surface area contributed by atoms with Crippen LogP contribution in [0.3, 0.4) is 0 Å². The number of likely N-dealkylation sites (N-methyl/N-ethyl adjacent to an activating group) is 1. The van der Waals surface area contributed by atoms with Crippen LogP contribution >= 0.6 is 0 Å². The molecule has 6 heteroatoms. The van der Waals surface area contributed by atoms with Crippen molar-refractivity contribution in [3.8, 4) is 22.5 Å². The zero-order chi connectivity index (χ0) is 20.5. The summed E-state index contributed by atoms with van der Waals surface area (Å²) in [5, 5.41) is 4.26. The first-order chi connectivity index (χ1) is 14.7. The van der Waals surface area contributed by atoms with Crippen LogP contribution in [0.25, 0.3) is 33.5 Å². The van der Waals surface area contributed by atoms with Crippen molar-refractivity contribution in [3.63, 3.8) is 0 Å². The van der Waals surface area contributed by atoms with Crippen LogP contribution in [0.4, 0.5) is 0 Å². The third-order valence-electron chi connectivity index (χ3n) is 5.70. The number of rotatable bonds is 4. The van der Waals surface area contributed by atoms with Gasteiger partial charge in [-0.2, -0.15) is 0 Å². The van der Waals surface area contributed by atoms with Gasteiger partial charge in [0.1, 0.15) is 11.3 Å². The number of likely N-dealkylation sites (tertiary alicyclic amines) is 1. The van der Waals surface area contributed by atoms with Gasteiger partial charge in [0.25, 0.3) is 5.91 Å². The highest BCUT2D eigenvalue weighted by molar-refractivity contribution is 5.93. The molecule has 0 unspecified atom stereocenters. The third-order valence-corrected chi connectivity index (χ3v) is 5.70. The molecule has 1 atom stereocenters. The Morgan fingerprint density at radius 2 is 1.97 bits per heavy atom. The monoisotopic (exact) mass is 397 g/mol. The van der Waals surface area contributed by atoms with Crippen molar-refractivity contribution in [1.29, 1.82) is 0 Å². The van der Waals surface area contributed by atoms with Crippen LogP contribution < -0.4 is 5.32 Å². The van der Waals surface area contributed by atoms with Crippen molar-refractivity contribution in [3.05, 3.63) is 72.6 Å². The first kappa shape index (κ1) is 18.5. The Bertz CT molecular complexity index is 1200. The van der Waals surface area contributed by atoms with E-state index in [1.807, 2.05) is 42.3 Å². The summed E-state index contributed by atoms with van der Waals surface area (Å²) >= 11 is 0. The molecule has 0 radical (unpaired) electrons. The number of aromatic amines is 1. The predicted molar refractivity (Wildman–Crippen MR) is 118 cm³/mol. The maximum Gasteiger partial charge on any atom is 0.272 e. The number of aromatic nitrogens is 3. The van der Waals surface area contributed by atoms with Gasteiger partial charge in [0.05, 0.1) is 5.69 Å². The smallest absolute Gasteiger partial charge is 0.272 e. The summed E-state index contributed by atoms with van der Waals surface area (Å²) in [5.74, 6) is -0.0170. The van der Waals surface area contributed by atoms with Crippen LogP contribution in [0.15, 0.2) is 66.9 Å². The van der Waals surface area contributed by atoms with Crippen molar-refractivity contribution in [2.24, 2.45) is 0 Å². The number of carbonyl (C=O) groups is 1. The molecule has 1 aliphatic rings. The number of fused-ring (bicyclic) bond motifs is 1. The Hall–Kier alpha value is -3.51. The fourth-order valence-electron chi connectivity index (χ4n) is 3.99. The summed E-state index contributed by atoms with van der Waals surface area (Å²) < 4.78 is 0. The standard InChI is InChI=1S/C24H23N5O/c1-25-19-10-11-29(15-19)24(30)21-9-5-8-20(27-21)18-12-17-13-22(28-23(17)26-14-18)16-6-3-2-4-7-16/h2-9,12-14,19,25H,10-11,15H2,1H3,(H,26,28)/t19-/m1/s1. The van der Waals surface area contributed by atoms with Crippen molar-refractivity contribution < 1.29 is 4.79 Å². The quantitative estimate of drug-likeness (QED) is 0.550. The average Bonchev–Trinajstić information content (AvgIpc) is 3.46. The van der Waals surface area contributed by atoms with Crippen LogP contribution in [0, 0.1) is 0 Å². The third kappa shape index (κ3) is 3.46. The van der Waals surface area contributed by atoms with Gasteiger partial charge >= 0.3 is 0 Å². The molecule has 0 spiro atoms. The second-order valence-electron chi connectivity index (χ2n) is 7.64. The van der Waals surface area contributed by atoms with Crippen molar-refractivity contribution in [1.82, 2.24) is 25.2 Å². The van der Waals surface area contributed by atoms with Crippen LogP contribution in [0.2, 0.25) is 0 Å². The molecule has 4 heterocycles. The lowest BCUT2D eigenvalue weighted by molar-refractivity contribution is 0.0784. The molecule has 2 N–H and O–H groups in total. The molecule has 3 aromatic heterocycles. The molecule has 6 nitrogen and oxygen atoms in total. The van der Waals surface area contributed by atoms with E-state index in [-0.39, 0.29) is 5.91 Å². The summed E-state index contributed by atoms with van der Waals surface area (Å²) in [7, 11) is 1.94. The molecule has 4 aromatic rings. The molecule has 0 saturated carbocycles. The van der Waals surface area contributed by atoms with E-state index in [0.29, 0.717) is 11.7 Å². The summed E-state index contributed by atoms with van der Waals surface area (Å²) in [5.41, 5.74) is 5.10. The molecule has 0 bridgehead atoms. The lowest BCUT2D eigenvalue weighted by Gasteiger charge is -2.16. The summed E-state index contributed by atoms with van der Waals surface area (Å²) in [6, 6.07) is 20.3. The Kier molecular flexibility index (Phi) is 4.77. The first-order valence-corrected chi connectivity index (χ1v) is 10.2. The van der Waals surface area contributed by atoms with Crippen LogP contribution in [-0.4, -0.2) is 51.9 Å². The Balaban J connectivity index is 1.44. The van der Waals surface area contributed by atoms with Gasteiger partial charge in [-0.3, -0.25) is 4.79 Å². The van der Waals surface area contributed by atoms with E-state index in [0.717, 1.165) is 53.1 Å². The summed E-state index contributed by atoms with van der Waals surface area (Å²) in [4.78, 5) is 27.3. The van der Waals surface area contributed by atoms with Crippen molar-refractivity contribution in [2.45, 2.75) is 12.5 Å². The van der Waals surface area contributed by atoms with Gasteiger partial charge in [0.2, 0.25) is 0 Å². The number of nitrogens with one attached hydrogen (secondary N) is 2. The Labute approximate surface area is 175 Å². The Morgan fingerprint density at radius 1 is 1.10 bits per heavy atom. The van der Waals surface area contributed by atoms with E-state index in [1.54, 1.807) is 12.3 Å². The Morgan fingerprint density at radius 3 is 2.77 bits per heavy atom. The molecule has 1 fully saturated rings. The minimum absolute atomic E-state index is 0.0170. The van der Waals surface area contributed by atoms with E-state index in [1.165, 1.54) is 0 Å². The molecule has 30 heavy (non-hydrogen) atoms. The molecule has 150 valence electrons. The number of hydrogen-bond acceptors (Lipinski definition) is 4. The van der Waals surface area contributed by atoms with Crippen LogP contribution in [0.5, 0.6) is 0 Å². The van der Waals surface area contributed by atoms with Crippen molar-refractivity contribution >= 4 is 16.9 Å². The second kappa shape index (κ2) is 7.72. The number of H-pyrrole nitrogens is 1. The van der Waals surface area contributed by atoms with E-state index in [4.69, 9.17) is 0 Å². The maximum absolute atomic E-state index is 12.9. The SMILES string of the molecule is CN[C@@H]1CCN(C(=O)c2cccc(-c3cnc4[nH]c(-c5ccccc5)cc4c3)n2)C1. The zero-order valence-corrected chi connectivity index (χ0v) is 16.8. The summed E-state index contributed by atoms with van der Waals surface area (Å²) in [6.07, 6.45) is 2.77. The normalized spacial score (nSPS) is 16.3. The van der Waals surface area contributed by atoms with E-state index in [9.17, 15) is 4.79 Å². The first-order valence-electron chi connectivity index (χ1n) is 10.2. The average molecular weight is 397 g/mol. The van der Waals surface area contributed by atoms with Gasteiger partial charge in [-0.05, 0) is 43.3 Å². The molecular weight excluding hydrogens is 374 g/mol. The molecule has 1 aromatic carbocycles. The minimum Gasteiger partial charge on any atom is -0.339 e. The van der Waals surface area contributed by atoms with Crippen molar-refractivity contribution in [2.75, 3.05) is 20.1 Å². The number of nitrogens with zero attached hydrogens (tertiary/aromatic N) is 3. The molecular formula is C24H23N5O. The van der Waals surface area contributed by atoms with E-state index in [2.05, 4.69) is 44.5 Å². The van der Waals surface area contributed by atoms with Gasteiger partial charge < -0.3 is 15.2 Å². The largest absolute Gasteiger partial charge is 0.339 e. The highest BCUT2D eigenvalue weighted by Crippen LogP contribution is 2.26. The van der Waals surface area contributed by atoms with E-state index < -0.39 is 0 Å². The second-order valence-corrected chi connectivity index (χ2v) is 7.64. The lowest BCUT2D eigenvalue weighted by Crippen LogP contribution is -2.33. The zero-order valence-electron chi connectivity index (χ0n) is 16.8. The van der Waals surface area contributed by atoms with Gasteiger partial charge in [-0.15, -0.1) is 0 Å². The van der Waals surface area contributed by atoms with Gasteiger partial charge in [-0.1, -0.05) is 36.4 Å². The summed E-state index contributed by atoms with van der Waals surface area (Å²) in [6.45, 7) is 1.48. The topological polar surface area (TPSA) is 73.9 Å². The van der Waals surface area contributed by atoms with Gasteiger partial charge in [-0.25, -0.2) is 9.97 Å². The number of carbonyl (C=O) groups excluding carboxylic acids is 1. The molecule has 0 aliphatic carbocycles. The minimum atomic E-state index is -0.0170. The van der Waals surface area contributed by atoms with Gasteiger partial charge in [0.15, 0.2) is 0 Å². The fourth-order valence-corrected chi connectivity index (χ4v) is 3.99. The predicted octanol–water partition coefficient (Wildman–Crippen LogP) is 3.73. The number of benzene rings is 1. The fraction of sp³-hybridized carbons (Fsp3) is 0.208. The molecule has 1 saturated heterocycles. The highest BCUT2D eigenvalue weighted by Gasteiger charge is 2.26. The highest BCUT2D eigenvalue weighted by atomic mass is 16.2. The molecule has 5 rings (SSSR count). The van der Waals surface area contributed by atoms with E-state index >= 15 is 0 Å². The van der Waals surface area contributed by atoms with Gasteiger partial charge in [0, 0.05) is 42.0 Å². The number of pyridine rings is 2.